The monoisotopic (exact) mass is 366 g/mol. The predicted octanol–water partition coefficient (Wildman–Crippen LogP) is 3.00. The molecule has 0 spiro atoms. The van der Waals surface area contributed by atoms with Crippen molar-refractivity contribution in [3.05, 3.63) is 65.7 Å². The molecule has 0 saturated heterocycles. The van der Waals surface area contributed by atoms with E-state index in [1.54, 1.807) is 31.2 Å². The topological polar surface area (TPSA) is 78.4 Å². The van der Waals surface area contributed by atoms with E-state index in [2.05, 4.69) is 17.6 Å². The minimum absolute atomic E-state index is 0.0392. The van der Waals surface area contributed by atoms with Gasteiger partial charge in [-0.25, -0.2) is 0 Å². The maximum Gasteiger partial charge on any atom is 0.251 e. The van der Waals surface area contributed by atoms with Crippen molar-refractivity contribution in [2.45, 2.75) is 38.8 Å². The van der Waals surface area contributed by atoms with Gasteiger partial charge < -0.3 is 15.7 Å². The van der Waals surface area contributed by atoms with Crippen LogP contribution in [0.1, 0.15) is 36.2 Å². The Morgan fingerprint density at radius 2 is 1.74 bits per heavy atom. The zero-order valence-corrected chi connectivity index (χ0v) is 15.7. The van der Waals surface area contributed by atoms with Crippen LogP contribution >= 0.6 is 0 Å². The van der Waals surface area contributed by atoms with Crippen molar-refractivity contribution in [3.63, 3.8) is 0 Å². The molecule has 142 valence electrons. The molecule has 5 heteroatoms. The molecule has 1 aliphatic rings. The molecule has 2 amide bonds. The molecule has 0 aromatic heterocycles. The average Bonchev–Trinajstić information content (AvgIpc) is 3.40. The van der Waals surface area contributed by atoms with Gasteiger partial charge in [0.25, 0.3) is 5.91 Å². The minimum Gasteiger partial charge on any atom is -0.391 e. The summed E-state index contributed by atoms with van der Waals surface area (Å²) in [5.41, 5.74) is 2.20. The van der Waals surface area contributed by atoms with Gasteiger partial charge in [0.2, 0.25) is 5.91 Å². The smallest absolute Gasteiger partial charge is 0.251 e. The standard InChI is InChI=1S/C22H26N2O3/c1-14-12-19(14)22(27)24-18-10-8-17(9-11-18)21(26)23-15(2)20(25)13-16-6-4-3-5-7-16/h3-11,14-15,19-20,25H,12-13H2,1-2H3,(H,23,26)(H,24,27)/t14-,15-,19+,20+/m1/s1. The van der Waals surface area contributed by atoms with Crippen LogP contribution in [0.2, 0.25) is 0 Å². The molecule has 2 aromatic rings. The highest BCUT2D eigenvalue weighted by Gasteiger charge is 2.39. The van der Waals surface area contributed by atoms with Gasteiger partial charge in [-0.3, -0.25) is 9.59 Å². The number of nitrogens with one attached hydrogen (secondary N) is 2. The van der Waals surface area contributed by atoms with Crippen molar-refractivity contribution in [3.8, 4) is 0 Å². The summed E-state index contributed by atoms with van der Waals surface area (Å²) in [4.78, 5) is 24.4. The fraction of sp³-hybridized carbons (Fsp3) is 0.364. The zero-order chi connectivity index (χ0) is 19.4. The summed E-state index contributed by atoms with van der Waals surface area (Å²) in [6.07, 6.45) is 0.748. The highest BCUT2D eigenvalue weighted by Crippen LogP contribution is 2.38. The fourth-order valence-corrected chi connectivity index (χ4v) is 3.05. The van der Waals surface area contributed by atoms with Crippen LogP contribution in [0.3, 0.4) is 0 Å². The number of benzene rings is 2. The van der Waals surface area contributed by atoms with Gasteiger partial charge in [0.1, 0.15) is 0 Å². The van der Waals surface area contributed by atoms with Crippen LogP contribution in [0, 0.1) is 11.8 Å². The first-order valence-electron chi connectivity index (χ1n) is 9.38. The van der Waals surface area contributed by atoms with Crippen LogP contribution in [-0.4, -0.2) is 29.1 Å². The van der Waals surface area contributed by atoms with Crippen LogP contribution in [0.4, 0.5) is 5.69 Å². The first kappa shape index (κ1) is 19.1. The van der Waals surface area contributed by atoms with E-state index in [-0.39, 0.29) is 23.8 Å². The lowest BCUT2D eigenvalue weighted by Gasteiger charge is -2.20. The number of hydrogen-bond acceptors (Lipinski definition) is 3. The molecular formula is C22H26N2O3. The number of carbonyl (C=O) groups is 2. The van der Waals surface area contributed by atoms with Gasteiger partial charge in [0.15, 0.2) is 0 Å². The Morgan fingerprint density at radius 3 is 2.33 bits per heavy atom. The highest BCUT2D eigenvalue weighted by molar-refractivity contribution is 5.97. The molecular weight excluding hydrogens is 340 g/mol. The normalized spacial score (nSPS) is 20.4. The summed E-state index contributed by atoms with van der Waals surface area (Å²) >= 11 is 0. The van der Waals surface area contributed by atoms with Gasteiger partial charge in [0.05, 0.1) is 12.1 Å². The van der Waals surface area contributed by atoms with E-state index < -0.39 is 6.10 Å². The van der Waals surface area contributed by atoms with Crippen LogP contribution < -0.4 is 10.6 Å². The van der Waals surface area contributed by atoms with Gasteiger partial charge in [-0.2, -0.15) is 0 Å². The maximum absolute atomic E-state index is 12.4. The lowest BCUT2D eigenvalue weighted by atomic mass is 10.0. The van der Waals surface area contributed by atoms with Crippen LogP contribution in [0.25, 0.3) is 0 Å². The van der Waals surface area contributed by atoms with E-state index in [0.717, 1.165) is 12.0 Å². The number of amides is 2. The molecule has 0 unspecified atom stereocenters. The third-order valence-corrected chi connectivity index (χ3v) is 5.08. The second-order valence-corrected chi connectivity index (χ2v) is 7.41. The van der Waals surface area contributed by atoms with Gasteiger partial charge in [0, 0.05) is 23.6 Å². The first-order valence-corrected chi connectivity index (χ1v) is 9.38. The Labute approximate surface area is 159 Å². The average molecular weight is 366 g/mol. The van der Waals surface area contributed by atoms with Crippen LogP contribution in [-0.2, 0) is 11.2 Å². The molecule has 1 aliphatic carbocycles. The van der Waals surface area contributed by atoms with Gasteiger partial charge in [-0.1, -0.05) is 37.3 Å². The zero-order valence-electron chi connectivity index (χ0n) is 15.7. The SMILES string of the molecule is C[C@@H]1C[C@@H]1C(=O)Nc1ccc(C(=O)N[C@H](C)[C@@H](O)Cc2ccccc2)cc1. The van der Waals surface area contributed by atoms with E-state index in [1.165, 1.54) is 0 Å². The van der Waals surface area contributed by atoms with Crippen molar-refractivity contribution in [1.82, 2.24) is 5.32 Å². The molecule has 27 heavy (non-hydrogen) atoms. The molecule has 1 fully saturated rings. The number of anilines is 1. The summed E-state index contributed by atoms with van der Waals surface area (Å²) < 4.78 is 0. The van der Waals surface area contributed by atoms with Crippen LogP contribution in [0.15, 0.2) is 54.6 Å². The fourth-order valence-electron chi connectivity index (χ4n) is 3.05. The van der Waals surface area contributed by atoms with E-state index in [9.17, 15) is 14.7 Å². The lowest BCUT2D eigenvalue weighted by Crippen LogP contribution is -2.42. The van der Waals surface area contributed by atoms with Crippen LogP contribution in [0.5, 0.6) is 0 Å². The minimum atomic E-state index is -0.671. The van der Waals surface area contributed by atoms with Gasteiger partial charge >= 0.3 is 0 Å². The molecule has 1 saturated carbocycles. The quantitative estimate of drug-likeness (QED) is 0.705. The molecule has 4 atom stereocenters. The van der Waals surface area contributed by atoms with E-state index in [0.29, 0.717) is 23.6 Å². The molecule has 0 aliphatic heterocycles. The van der Waals surface area contributed by atoms with Gasteiger partial charge in [-0.05, 0) is 49.1 Å². The Morgan fingerprint density at radius 1 is 1.11 bits per heavy atom. The molecule has 5 nitrogen and oxygen atoms in total. The summed E-state index contributed by atoms with van der Waals surface area (Å²) in [7, 11) is 0. The van der Waals surface area contributed by atoms with E-state index in [4.69, 9.17) is 0 Å². The number of aliphatic hydroxyl groups excluding tert-OH is 1. The largest absolute Gasteiger partial charge is 0.391 e. The molecule has 3 rings (SSSR count). The van der Waals surface area contributed by atoms with Crippen molar-refractivity contribution in [1.29, 1.82) is 0 Å². The van der Waals surface area contributed by atoms with Crippen molar-refractivity contribution >= 4 is 17.5 Å². The summed E-state index contributed by atoms with van der Waals surface area (Å²) in [5.74, 6) is 0.361. The molecule has 0 radical (unpaired) electrons. The van der Waals surface area contributed by atoms with Crippen molar-refractivity contribution in [2.75, 3.05) is 5.32 Å². The van der Waals surface area contributed by atoms with E-state index in [1.807, 2.05) is 30.3 Å². The summed E-state index contributed by atoms with van der Waals surface area (Å²) in [6, 6.07) is 16.1. The number of aliphatic hydroxyl groups is 1. The molecule has 0 bridgehead atoms. The second kappa shape index (κ2) is 8.35. The number of carbonyl (C=O) groups excluding carboxylic acids is 2. The molecule has 2 aromatic carbocycles. The van der Waals surface area contributed by atoms with Crippen molar-refractivity contribution in [2.24, 2.45) is 11.8 Å². The van der Waals surface area contributed by atoms with E-state index >= 15 is 0 Å². The Hall–Kier alpha value is -2.66. The summed E-state index contributed by atoms with van der Waals surface area (Å²) in [6.45, 7) is 3.85. The number of hydrogen-bond donors (Lipinski definition) is 3. The van der Waals surface area contributed by atoms with Crippen molar-refractivity contribution < 1.29 is 14.7 Å². The first-order chi connectivity index (χ1) is 12.9. The predicted molar refractivity (Wildman–Crippen MR) is 105 cm³/mol. The third-order valence-electron chi connectivity index (χ3n) is 5.08. The molecule has 3 N–H and O–H groups in total. The highest BCUT2D eigenvalue weighted by atomic mass is 16.3. The third kappa shape index (κ3) is 5.17. The summed E-state index contributed by atoms with van der Waals surface area (Å²) in [5, 5.41) is 16.0. The Balaban J connectivity index is 1.51. The lowest BCUT2D eigenvalue weighted by molar-refractivity contribution is -0.117. The second-order valence-electron chi connectivity index (χ2n) is 7.41. The van der Waals surface area contributed by atoms with Gasteiger partial charge in [-0.15, -0.1) is 0 Å². The Bertz CT molecular complexity index is 789. The maximum atomic E-state index is 12.4. The molecule has 0 heterocycles. The number of rotatable bonds is 7. The Kier molecular flexibility index (Phi) is 5.91.